The molecule has 0 aromatic heterocycles. The highest BCUT2D eigenvalue weighted by molar-refractivity contribution is 8.26. The highest BCUT2D eigenvalue weighted by atomic mass is 35.5. The summed E-state index contributed by atoms with van der Waals surface area (Å²) < 4.78 is 17.1. The van der Waals surface area contributed by atoms with E-state index >= 15 is 0 Å². The Labute approximate surface area is 219 Å². The molecule has 0 fully saturated rings. The summed E-state index contributed by atoms with van der Waals surface area (Å²) in [5.74, 6) is 1.06. The molecule has 0 spiro atoms. The molecule has 2 aromatic carbocycles. The van der Waals surface area contributed by atoms with E-state index in [-0.39, 0.29) is 18.0 Å². The zero-order valence-corrected chi connectivity index (χ0v) is 21.9. The van der Waals surface area contributed by atoms with E-state index in [1.165, 1.54) is 23.9 Å². The third-order valence-corrected chi connectivity index (χ3v) is 6.73. The average Bonchev–Trinajstić information content (AvgIpc) is 3.27. The van der Waals surface area contributed by atoms with Crippen molar-refractivity contribution in [3.05, 3.63) is 58.1 Å². The second kappa shape index (κ2) is 11.6. The number of hydrogen-bond acceptors (Lipinski definition) is 7. The molecule has 0 saturated carbocycles. The zero-order chi connectivity index (χ0) is 25.7. The normalized spacial score (nSPS) is 16.1. The van der Waals surface area contributed by atoms with Crippen molar-refractivity contribution in [2.75, 3.05) is 20.3 Å². The first-order valence-electron chi connectivity index (χ1n) is 11.6. The molecule has 1 N–H and O–H groups in total. The lowest BCUT2D eigenvalue weighted by Gasteiger charge is -2.20. The van der Waals surface area contributed by atoms with Crippen molar-refractivity contribution in [1.29, 1.82) is 5.41 Å². The van der Waals surface area contributed by atoms with Crippen LogP contribution in [-0.4, -0.2) is 47.3 Å². The van der Waals surface area contributed by atoms with Gasteiger partial charge in [0.25, 0.3) is 5.91 Å². The number of benzene rings is 2. The lowest BCUT2D eigenvalue weighted by molar-refractivity contribution is -0.114. The number of aliphatic imine (C=N–C) groups is 1. The number of fused-ring (bicyclic) bond motifs is 1. The van der Waals surface area contributed by atoms with Gasteiger partial charge in [-0.1, -0.05) is 43.1 Å². The van der Waals surface area contributed by atoms with Crippen molar-refractivity contribution in [2.24, 2.45) is 10.1 Å². The van der Waals surface area contributed by atoms with Gasteiger partial charge >= 0.3 is 0 Å². The van der Waals surface area contributed by atoms with E-state index in [2.05, 4.69) is 17.0 Å². The molecule has 1 amide bonds. The van der Waals surface area contributed by atoms with Crippen LogP contribution in [-0.2, 0) is 4.79 Å². The molecular weight excluding hydrogens is 500 g/mol. The molecule has 2 aliphatic rings. The van der Waals surface area contributed by atoms with Crippen LogP contribution in [0.4, 0.5) is 0 Å². The van der Waals surface area contributed by atoms with Crippen LogP contribution in [0.2, 0.25) is 5.02 Å². The number of rotatable bonds is 10. The molecule has 2 aromatic rings. The molecule has 0 radical (unpaired) electrons. The fourth-order valence-corrected chi connectivity index (χ4v) is 4.80. The van der Waals surface area contributed by atoms with E-state index in [9.17, 15) is 4.79 Å². The number of amidine groups is 2. The van der Waals surface area contributed by atoms with E-state index in [1.54, 1.807) is 18.2 Å². The molecule has 0 aliphatic carbocycles. The van der Waals surface area contributed by atoms with Crippen LogP contribution in [0.25, 0.3) is 6.08 Å². The lowest BCUT2D eigenvalue weighted by Crippen LogP contribution is -2.35. The summed E-state index contributed by atoms with van der Waals surface area (Å²) in [5.41, 5.74) is 1.74. The van der Waals surface area contributed by atoms with Gasteiger partial charge in [-0.25, -0.2) is 0 Å². The molecule has 2 aliphatic heterocycles. The molecule has 188 valence electrons. The van der Waals surface area contributed by atoms with Gasteiger partial charge in [0, 0.05) is 0 Å². The number of para-hydroxylation sites is 1. The zero-order valence-electron chi connectivity index (χ0n) is 20.3. The molecular formula is C26H27ClN4O4S. The summed E-state index contributed by atoms with van der Waals surface area (Å²) in [4.78, 5) is 16.8. The van der Waals surface area contributed by atoms with Crippen molar-refractivity contribution in [1.82, 2.24) is 5.01 Å². The molecule has 2 heterocycles. The number of methoxy groups -OCH3 is 1. The van der Waals surface area contributed by atoms with E-state index < -0.39 is 5.91 Å². The second-order valence-corrected chi connectivity index (χ2v) is 9.56. The third kappa shape index (κ3) is 5.74. The lowest BCUT2D eigenvalue weighted by atomic mass is 10.1. The van der Waals surface area contributed by atoms with Crippen LogP contribution in [0.3, 0.4) is 0 Å². The van der Waals surface area contributed by atoms with Crippen molar-refractivity contribution in [3.63, 3.8) is 0 Å². The monoisotopic (exact) mass is 526 g/mol. The van der Waals surface area contributed by atoms with E-state index in [0.29, 0.717) is 33.9 Å². The van der Waals surface area contributed by atoms with Gasteiger partial charge in [-0.15, -0.1) is 0 Å². The van der Waals surface area contributed by atoms with Crippen molar-refractivity contribution in [3.8, 4) is 17.2 Å². The Bertz CT molecular complexity index is 1270. The van der Waals surface area contributed by atoms with Crippen molar-refractivity contribution in [2.45, 2.75) is 33.1 Å². The Morgan fingerprint density at radius 3 is 2.69 bits per heavy atom. The molecule has 0 atom stereocenters. The number of ether oxygens (including phenoxy) is 3. The Morgan fingerprint density at radius 1 is 1.17 bits per heavy atom. The molecule has 0 unspecified atom stereocenters. The van der Waals surface area contributed by atoms with Gasteiger partial charge in [-0.05, 0) is 66.9 Å². The number of carbonyl (C=O) groups is 1. The maximum Gasteiger partial charge on any atom is 0.283 e. The van der Waals surface area contributed by atoms with Crippen LogP contribution < -0.4 is 14.2 Å². The Morgan fingerprint density at radius 2 is 1.94 bits per heavy atom. The van der Waals surface area contributed by atoms with Crippen LogP contribution in [0.1, 0.15) is 37.3 Å². The number of hydrogen-bond donors (Lipinski definition) is 1. The van der Waals surface area contributed by atoms with Crippen LogP contribution >= 0.6 is 23.4 Å². The molecule has 36 heavy (non-hydrogen) atoms. The summed E-state index contributed by atoms with van der Waals surface area (Å²) >= 11 is 7.84. The smallest absolute Gasteiger partial charge is 0.283 e. The van der Waals surface area contributed by atoms with Gasteiger partial charge in [0.2, 0.25) is 5.17 Å². The highest BCUT2D eigenvalue weighted by Gasteiger charge is 2.35. The highest BCUT2D eigenvalue weighted by Crippen LogP contribution is 2.38. The molecule has 4 rings (SSSR count). The number of nitrogens with zero attached hydrogens (tertiary/aromatic N) is 3. The Kier molecular flexibility index (Phi) is 8.32. The number of carbonyl (C=O) groups excluding carboxylic acids is 1. The largest absolute Gasteiger partial charge is 0.493 e. The minimum Gasteiger partial charge on any atom is -0.493 e. The third-order valence-electron chi connectivity index (χ3n) is 5.48. The maximum absolute atomic E-state index is 12.7. The Hall–Kier alpha value is -3.30. The van der Waals surface area contributed by atoms with E-state index in [4.69, 9.17) is 31.2 Å². The maximum atomic E-state index is 12.7. The summed E-state index contributed by atoms with van der Waals surface area (Å²) in [6.07, 6.45) is 4.38. The fourth-order valence-electron chi connectivity index (χ4n) is 3.60. The van der Waals surface area contributed by atoms with E-state index in [0.717, 1.165) is 35.6 Å². The number of hydrazone groups is 1. The van der Waals surface area contributed by atoms with E-state index in [1.807, 2.05) is 31.2 Å². The molecule has 10 heteroatoms. The quantitative estimate of drug-likeness (QED) is 0.305. The fraction of sp³-hybridized carbons (Fsp3) is 0.308. The number of amides is 1. The Balaban J connectivity index is 1.48. The predicted octanol–water partition coefficient (Wildman–Crippen LogP) is 5.92. The first-order valence-corrected chi connectivity index (χ1v) is 12.8. The summed E-state index contributed by atoms with van der Waals surface area (Å²) in [6, 6.07) is 11.1. The topological polar surface area (TPSA) is 96.6 Å². The number of unbranched alkanes of at least 4 members (excludes halogenated alkanes) is 1. The summed E-state index contributed by atoms with van der Waals surface area (Å²) in [5, 5.41) is 16.0. The van der Waals surface area contributed by atoms with Gasteiger partial charge in [0.05, 0.1) is 17.7 Å². The van der Waals surface area contributed by atoms with Gasteiger partial charge in [-0.3, -0.25) is 10.2 Å². The number of nitrogens with one attached hydrogen (secondary N) is 1. The summed E-state index contributed by atoms with van der Waals surface area (Å²) in [7, 11) is 1.51. The number of thioether (sulfide) groups is 1. The molecule has 8 nitrogen and oxygen atoms in total. The predicted molar refractivity (Wildman–Crippen MR) is 145 cm³/mol. The first-order chi connectivity index (χ1) is 17.4. The molecule has 0 saturated heterocycles. The number of halogens is 1. The second-order valence-electron chi connectivity index (χ2n) is 8.11. The van der Waals surface area contributed by atoms with Crippen LogP contribution in [0.15, 0.2) is 52.1 Å². The first kappa shape index (κ1) is 25.8. The van der Waals surface area contributed by atoms with Gasteiger partial charge in [0.15, 0.2) is 17.3 Å². The van der Waals surface area contributed by atoms with Gasteiger partial charge in [0.1, 0.15) is 24.0 Å². The van der Waals surface area contributed by atoms with Crippen molar-refractivity contribution < 1.29 is 19.0 Å². The minimum atomic E-state index is -0.491. The average molecular weight is 527 g/mol. The minimum absolute atomic E-state index is 0.0206. The summed E-state index contributed by atoms with van der Waals surface area (Å²) in [6.45, 7) is 4.67. The van der Waals surface area contributed by atoms with Crippen LogP contribution in [0.5, 0.6) is 17.2 Å². The standard InChI is InChI=1S/C26H27ClN4O4S/c1-4-5-10-22-30-31-24(28)18(25(32)29-26(31)36-22)13-17-14-19(27)23(21(15-17)33-3)35-12-11-34-20-9-7-6-8-16(20)2/h6-9,13-15,28H,4-5,10-12H2,1-3H3. The van der Waals surface area contributed by atoms with Crippen molar-refractivity contribution >= 4 is 51.4 Å². The SMILES string of the molecule is CCCCC1=NN2C(=N)C(=Cc3cc(Cl)c(OCCOc4ccccc4C)c(OC)c3)C(=O)N=C2S1. The number of aryl methyl sites for hydroxylation is 1. The molecule has 0 bridgehead atoms. The van der Waals surface area contributed by atoms with Crippen LogP contribution in [0, 0.1) is 12.3 Å². The van der Waals surface area contributed by atoms with Gasteiger partial charge < -0.3 is 14.2 Å². The van der Waals surface area contributed by atoms with Gasteiger partial charge in [-0.2, -0.15) is 15.1 Å².